The van der Waals surface area contributed by atoms with Gasteiger partial charge in [0.1, 0.15) is 6.54 Å². The van der Waals surface area contributed by atoms with Crippen molar-refractivity contribution in [3.8, 4) is 34.4 Å². The molecule has 2 aliphatic rings. The molecular formula is C28H25N7O2. The van der Waals surface area contributed by atoms with Gasteiger partial charge < -0.3 is 10.3 Å². The maximum atomic E-state index is 13.1. The van der Waals surface area contributed by atoms with E-state index in [1.165, 1.54) is 9.80 Å². The molecule has 4 aromatic rings. The molecule has 2 N–H and O–H groups in total. The maximum absolute atomic E-state index is 13.1. The lowest BCUT2D eigenvalue weighted by molar-refractivity contribution is -0.125. The quantitative estimate of drug-likeness (QED) is 0.385. The van der Waals surface area contributed by atoms with Gasteiger partial charge in [-0.3, -0.25) is 19.2 Å². The van der Waals surface area contributed by atoms with E-state index in [4.69, 9.17) is 11.0 Å². The second-order valence-electron chi connectivity index (χ2n) is 10.2. The van der Waals surface area contributed by atoms with Crippen LogP contribution in [0.1, 0.15) is 25.0 Å². The molecule has 0 aliphatic carbocycles. The number of carbonyl (C=O) groups excluding carboxylic acids is 2. The molecule has 0 bridgehead atoms. The highest BCUT2D eigenvalue weighted by Crippen LogP contribution is 2.36. The molecular weight excluding hydrogens is 466 g/mol. The predicted molar refractivity (Wildman–Crippen MR) is 139 cm³/mol. The highest BCUT2D eigenvalue weighted by Gasteiger charge is 2.39. The van der Waals surface area contributed by atoms with Crippen LogP contribution in [0.2, 0.25) is 0 Å². The number of nitrogens with zero attached hydrogens (tertiary/aromatic N) is 6. The van der Waals surface area contributed by atoms with Gasteiger partial charge in [0, 0.05) is 48.5 Å². The van der Waals surface area contributed by atoms with Crippen molar-refractivity contribution in [2.75, 3.05) is 18.0 Å². The molecule has 2 aliphatic heterocycles. The van der Waals surface area contributed by atoms with Gasteiger partial charge in [-0.05, 0) is 61.4 Å². The summed E-state index contributed by atoms with van der Waals surface area (Å²) in [5.74, 6) is 0.560. The first kappa shape index (κ1) is 22.8. The number of amides is 3. The van der Waals surface area contributed by atoms with Crippen LogP contribution in [0.5, 0.6) is 0 Å². The molecule has 0 atom stereocenters. The normalized spacial score (nSPS) is 14.8. The largest absolute Gasteiger partial charge is 0.340 e. The number of carbonyl (C=O) groups is 2. The molecule has 9 heteroatoms. The van der Waals surface area contributed by atoms with Crippen molar-refractivity contribution in [3.63, 3.8) is 0 Å². The first-order chi connectivity index (χ1) is 17.7. The molecule has 0 unspecified atom stereocenters. The van der Waals surface area contributed by atoms with Gasteiger partial charge in [0.15, 0.2) is 5.82 Å². The standard InChI is InChI=1S/C28H25N7O2/c1-28(2,30)17-35-25(36)16-34(27(35)37)22-7-8-23-21(11-22)15-32-14-20(19-5-3-18(13-29)4-6-19)12-24(32)26-31-9-10-33(23)26/h3-12,14H,15-17,30H2,1-2H3. The van der Waals surface area contributed by atoms with Crippen LogP contribution in [0.3, 0.4) is 0 Å². The highest BCUT2D eigenvalue weighted by atomic mass is 16.2. The average molecular weight is 492 g/mol. The van der Waals surface area contributed by atoms with Gasteiger partial charge in [-0.2, -0.15) is 5.26 Å². The van der Waals surface area contributed by atoms with Gasteiger partial charge in [-0.15, -0.1) is 0 Å². The van der Waals surface area contributed by atoms with Crippen molar-refractivity contribution in [2.45, 2.75) is 25.9 Å². The maximum Gasteiger partial charge on any atom is 0.331 e. The number of hydrogen-bond donors (Lipinski definition) is 1. The molecule has 0 radical (unpaired) electrons. The second-order valence-corrected chi connectivity index (χ2v) is 10.2. The van der Waals surface area contributed by atoms with Crippen LogP contribution in [-0.2, 0) is 11.3 Å². The Morgan fingerprint density at radius 2 is 1.84 bits per heavy atom. The lowest BCUT2D eigenvalue weighted by Crippen LogP contribution is -2.48. The molecule has 184 valence electrons. The zero-order valence-corrected chi connectivity index (χ0v) is 20.5. The molecule has 1 fully saturated rings. The zero-order valence-electron chi connectivity index (χ0n) is 20.5. The Balaban J connectivity index is 1.38. The second kappa shape index (κ2) is 8.18. The van der Waals surface area contributed by atoms with Gasteiger partial charge in [0.2, 0.25) is 0 Å². The van der Waals surface area contributed by atoms with Crippen molar-refractivity contribution >= 4 is 17.6 Å². The number of fused-ring (bicyclic) bond motifs is 5. The number of anilines is 1. The molecule has 0 spiro atoms. The van der Waals surface area contributed by atoms with Gasteiger partial charge in [-0.25, -0.2) is 9.78 Å². The number of imide groups is 1. The highest BCUT2D eigenvalue weighted by molar-refractivity contribution is 6.12. The van der Waals surface area contributed by atoms with E-state index >= 15 is 0 Å². The fraction of sp³-hybridized carbons (Fsp3) is 0.214. The Morgan fingerprint density at radius 1 is 1.05 bits per heavy atom. The minimum Gasteiger partial charge on any atom is -0.340 e. The molecule has 2 aromatic heterocycles. The van der Waals surface area contributed by atoms with E-state index in [9.17, 15) is 9.59 Å². The van der Waals surface area contributed by atoms with E-state index in [1.807, 2.05) is 53.2 Å². The molecule has 4 heterocycles. The summed E-state index contributed by atoms with van der Waals surface area (Å²) in [4.78, 5) is 33.1. The van der Waals surface area contributed by atoms with E-state index in [0.29, 0.717) is 17.8 Å². The number of nitriles is 1. The molecule has 37 heavy (non-hydrogen) atoms. The lowest BCUT2D eigenvalue weighted by Gasteiger charge is -2.25. The minimum atomic E-state index is -0.676. The predicted octanol–water partition coefficient (Wildman–Crippen LogP) is 3.75. The SMILES string of the molecule is CC(C)(N)CN1C(=O)CN(c2ccc3c(c2)Cn2cc(-c4ccc(C#N)cc4)cc2-c2nccn2-3)C1=O. The third-order valence-electron chi connectivity index (χ3n) is 6.71. The van der Waals surface area contributed by atoms with E-state index < -0.39 is 5.54 Å². The van der Waals surface area contributed by atoms with Crippen LogP contribution in [0.25, 0.3) is 28.3 Å². The fourth-order valence-electron chi connectivity index (χ4n) is 5.00. The Bertz CT molecular complexity index is 1600. The third kappa shape index (κ3) is 3.88. The summed E-state index contributed by atoms with van der Waals surface area (Å²) in [6.07, 6.45) is 5.77. The summed E-state index contributed by atoms with van der Waals surface area (Å²) < 4.78 is 4.18. The Kier molecular flexibility index (Phi) is 5.03. The number of imidazole rings is 1. The molecule has 2 aromatic carbocycles. The molecule has 6 rings (SSSR count). The van der Waals surface area contributed by atoms with Gasteiger partial charge >= 0.3 is 6.03 Å². The van der Waals surface area contributed by atoms with Crippen molar-refractivity contribution in [1.29, 1.82) is 5.26 Å². The average Bonchev–Trinajstić information content (AvgIpc) is 3.56. The van der Waals surface area contributed by atoms with E-state index in [2.05, 4.69) is 27.9 Å². The number of benzene rings is 2. The van der Waals surface area contributed by atoms with E-state index in [0.717, 1.165) is 33.9 Å². The summed E-state index contributed by atoms with van der Waals surface area (Å²) in [7, 11) is 0. The fourth-order valence-corrected chi connectivity index (χ4v) is 5.00. The van der Waals surface area contributed by atoms with Crippen LogP contribution in [-0.4, -0.2) is 49.6 Å². The molecule has 0 saturated carbocycles. The number of urea groups is 1. The van der Waals surface area contributed by atoms with Crippen LogP contribution < -0.4 is 10.6 Å². The minimum absolute atomic E-state index is 0.0123. The van der Waals surface area contributed by atoms with E-state index in [-0.39, 0.29) is 25.0 Å². The van der Waals surface area contributed by atoms with Crippen molar-refractivity contribution < 1.29 is 9.59 Å². The number of aromatic nitrogens is 3. The summed E-state index contributed by atoms with van der Waals surface area (Å²) in [6.45, 7) is 4.30. The van der Waals surface area contributed by atoms with Gasteiger partial charge in [-0.1, -0.05) is 12.1 Å². The smallest absolute Gasteiger partial charge is 0.331 e. The lowest BCUT2D eigenvalue weighted by atomic mass is 10.1. The van der Waals surface area contributed by atoms with Crippen molar-refractivity contribution in [3.05, 3.63) is 78.2 Å². The Morgan fingerprint density at radius 3 is 2.57 bits per heavy atom. The van der Waals surface area contributed by atoms with Crippen molar-refractivity contribution in [2.24, 2.45) is 5.73 Å². The van der Waals surface area contributed by atoms with Crippen LogP contribution >= 0.6 is 0 Å². The van der Waals surface area contributed by atoms with Crippen LogP contribution in [0.4, 0.5) is 10.5 Å². The van der Waals surface area contributed by atoms with Gasteiger partial charge in [0.25, 0.3) is 5.91 Å². The molecule has 1 saturated heterocycles. The summed E-state index contributed by atoms with van der Waals surface area (Å²) in [5, 5.41) is 9.12. The summed E-state index contributed by atoms with van der Waals surface area (Å²) in [5.41, 5.74) is 11.6. The number of hydrogen-bond acceptors (Lipinski definition) is 5. The Labute approximate surface area is 214 Å². The number of nitrogens with two attached hydrogens (primary N) is 1. The summed E-state index contributed by atoms with van der Waals surface area (Å²) in [6, 6.07) is 17.2. The van der Waals surface area contributed by atoms with Crippen LogP contribution in [0.15, 0.2) is 67.1 Å². The van der Waals surface area contributed by atoms with Crippen LogP contribution in [0, 0.1) is 11.3 Å². The molecule has 3 amide bonds. The topological polar surface area (TPSA) is 113 Å². The zero-order chi connectivity index (χ0) is 25.9. The first-order valence-electron chi connectivity index (χ1n) is 12.0. The van der Waals surface area contributed by atoms with Crippen molar-refractivity contribution in [1.82, 2.24) is 19.0 Å². The molecule has 9 nitrogen and oxygen atoms in total. The summed E-state index contributed by atoms with van der Waals surface area (Å²) >= 11 is 0. The van der Waals surface area contributed by atoms with Gasteiger partial charge in [0.05, 0.1) is 23.0 Å². The third-order valence-corrected chi connectivity index (χ3v) is 6.71. The monoisotopic (exact) mass is 491 g/mol. The van der Waals surface area contributed by atoms with E-state index in [1.54, 1.807) is 20.0 Å². The first-order valence-corrected chi connectivity index (χ1v) is 12.0. The number of rotatable bonds is 4. The Hall–Kier alpha value is -4.68.